The largest absolute Gasteiger partial charge is 0.0827 e. The highest BCUT2D eigenvalue weighted by molar-refractivity contribution is 9.10. The third-order valence-electron chi connectivity index (χ3n) is 2.95. The molecule has 1 unspecified atom stereocenters. The van der Waals surface area contributed by atoms with Crippen molar-refractivity contribution in [3.63, 3.8) is 0 Å². The molecule has 0 aromatic heterocycles. The number of alkyl halides is 1. The Morgan fingerprint density at radius 1 is 1.06 bits per heavy atom. The molecule has 2 aromatic rings. The molecule has 0 heterocycles. The lowest BCUT2D eigenvalue weighted by molar-refractivity contribution is 1.13. The summed E-state index contributed by atoms with van der Waals surface area (Å²) in [5, 5.41) is 0.763. The zero-order valence-corrected chi connectivity index (χ0v) is 14.1. The Labute approximate surface area is 130 Å². The number of halogens is 3. The zero-order chi connectivity index (χ0) is 13.3. The maximum atomic E-state index is 6.34. The van der Waals surface area contributed by atoms with E-state index in [1.165, 1.54) is 16.7 Å². The molecule has 1 atom stereocenters. The molecule has 0 radical (unpaired) electrons. The first-order valence-corrected chi connectivity index (χ1v) is 7.74. The Hall–Kier alpha value is -0.310. The molecular formula is C15H13Br2Cl. The Morgan fingerprint density at radius 3 is 2.44 bits per heavy atom. The fourth-order valence-electron chi connectivity index (χ4n) is 1.99. The van der Waals surface area contributed by atoms with Crippen LogP contribution in [0.1, 0.15) is 27.1 Å². The first-order valence-electron chi connectivity index (χ1n) is 5.66. The third-order valence-corrected chi connectivity index (χ3v) is 5.25. The molecule has 2 aromatic carbocycles. The van der Waals surface area contributed by atoms with Crippen molar-refractivity contribution in [3.8, 4) is 0 Å². The molecule has 3 heteroatoms. The van der Waals surface area contributed by atoms with Crippen molar-refractivity contribution in [2.75, 3.05) is 0 Å². The number of hydrogen-bond donors (Lipinski definition) is 0. The summed E-state index contributed by atoms with van der Waals surface area (Å²) in [6.07, 6.45) is 0. The summed E-state index contributed by atoms with van der Waals surface area (Å²) in [6, 6.07) is 12.5. The second-order valence-corrected chi connectivity index (χ2v) is 6.51. The van der Waals surface area contributed by atoms with Crippen LogP contribution in [0.15, 0.2) is 40.9 Å². The van der Waals surface area contributed by atoms with E-state index in [1.807, 2.05) is 18.2 Å². The van der Waals surface area contributed by atoms with Crippen LogP contribution in [0, 0.1) is 13.8 Å². The molecule has 0 spiro atoms. The van der Waals surface area contributed by atoms with E-state index in [-0.39, 0.29) is 4.83 Å². The van der Waals surface area contributed by atoms with Gasteiger partial charge in [-0.15, -0.1) is 0 Å². The van der Waals surface area contributed by atoms with E-state index in [2.05, 4.69) is 63.9 Å². The van der Waals surface area contributed by atoms with Gasteiger partial charge in [-0.3, -0.25) is 0 Å². The van der Waals surface area contributed by atoms with E-state index in [4.69, 9.17) is 11.6 Å². The summed E-state index contributed by atoms with van der Waals surface area (Å²) < 4.78 is 0.927. The van der Waals surface area contributed by atoms with Gasteiger partial charge in [0.2, 0.25) is 0 Å². The van der Waals surface area contributed by atoms with Crippen LogP contribution in [0.2, 0.25) is 5.02 Å². The minimum atomic E-state index is 0.114. The molecule has 0 N–H and O–H groups in total. The van der Waals surface area contributed by atoms with Gasteiger partial charge in [0.05, 0.1) is 9.85 Å². The van der Waals surface area contributed by atoms with Gasteiger partial charge in [-0.05, 0) is 52.5 Å². The van der Waals surface area contributed by atoms with Crippen molar-refractivity contribution < 1.29 is 0 Å². The van der Waals surface area contributed by atoms with Crippen LogP contribution < -0.4 is 0 Å². The minimum absolute atomic E-state index is 0.114. The number of benzene rings is 2. The van der Waals surface area contributed by atoms with Gasteiger partial charge in [0.1, 0.15) is 0 Å². The third kappa shape index (κ3) is 2.81. The predicted molar refractivity (Wildman–Crippen MR) is 85.8 cm³/mol. The number of hydrogen-bond acceptors (Lipinski definition) is 0. The van der Waals surface area contributed by atoms with Gasteiger partial charge < -0.3 is 0 Å². The molecule has 18 heavy (non-hydrogen) atoms. The Morgan fingerprint density at radius 2 is 1.78 bits per heavy atom. The Balaban J connectivity index is 2.48. The van der Waals surface area contributed by atoms with E-state index >= 15 is 0 Å². The van der Waals surface area contributed by atoms with Crippen molar-refractivity contribution in [3.05, 3.63) is 68.1 Å². The maximum Gasteiger partial charge on any atom is 0.0662 e. The Bertz CT molecular complexity index is 579. The van der Waals surface area contributed by atoms with Gasteiger partial charge in [-0.25, -0.2) is 0 Å². The quantitative estimate of drug-likeness (QED) is 0.537. The minimum Gasteiger partial charge on any atom is -0.0827 e. The highest BCUT2D eigenvalue weighted by atomic mass is 79.9. The second kappa shape index (κ2) is 5.77. The van der Waals surface area contributed by atoms with Crippen LogP contribution in [-0.4, -0.2) is 0 Å². The van der Waals surface area contributed by atoms with Crippen molar-refractivity contribution >= 4 is 43.5 Å². The van der Waals surface area contributed by atoms with Gasteiger partial charge >= 0.3 is 0 Å². The predicted octanol–water partition coefficient (Wildman–Crippen LogP) is 6.20. The molecule has 94 valence electrons. The average molecular weight is 389 g/mol. The molecule has 0 aliphatic heterocycles. The van der Waals surface area contributed by atoms with Crippen molar-refractivity contribution in [1.82, 2.24) is 0 Å². The lowest BCUT2D eigenvalue weighted by Gasteiger charge is -2.16. The number of aryl methyl sites for hydroxylation is 2. The lowest BCUT2D eigenvalue weighted by atomic mass is 9.99. The summed E-state index contributed by atoms with van der Waals surface area (Å²) in [7, 11) is 0. The van der Waals surface area contributed by atoms with E-state index in [9.17, 15) is 0 Å². The molecule has 0 aliphatic carbocycles. The van der Waals surface area contributed by atoms with E-state index in [1.54, 1.807) is 0 Å². The molecule has 0 fully saturated rings. The molecule has 2 rings (SSSR count). The molecule has 0 nitrogen and oxygen atoms in total. The van der Waals surface area contributed by atoms with E-state index in [0.29, 0.717) is 0 Å². The maximum absolute atomic E-state index is 6.34. The lowest BCUT2D eigenvalue weighted by Crippen LogP contribution is -1.97. The van der Waals surface area contributed by atoms with Crippen LogP contribution in [0.5, 0.6) is 0 Å². The smallest absolute Gasteiger partial charge is 0.0662 e. The highest BCUT2D eigenvalue weighted by Gasteiger charge is 2.16. The topological polar surface area (TPSA) is 0 Å². The second-order valence-electron chi connectivity index (χ2n) is 4.37. The van der Waals surface area contributed by atoms with Crippen LogP contribution in [-0.2, 0) is 0 Å². The van der Waals surface area contributed by atoms with Crippen LogP contribution >= 0.6 is 43.5 Å². The molecule has 0 saturated heterocycles. The number of rotatable bonds is 2. The molecule has 0 aliphatic rings. The fourth-order valence-corrected chi connectivity index (χ4v) is 3.64. The summed E-state index contributed by atoms with van der Waals surface area (Å²) in [4.78, 5) is 0.114. The summed E-state index contributed by atoms with van der Waals surface area (Å²) in [6.45, 7) is 4.23. The summed E-state index contributed by atoms with van der Waals surface area (Å²) >= 11 is 13.6. The van der Waals surface area contributed by atoms with Crippen molar-refractivity contribution in [2.24, 2.45) is 0 Å². The normalized spacial score (nSPS) is 12.5. The first-order chi connectivity index (χ1) is 8.50. The summed E-state index contributed by atoms with van der Waals surface area (Å²) in [5.74, 6) is 0. The standard InChI is InChI=1S/C15H13Br2Cl/c1-9-6-7-11(10(2)8-9)14(17)12-4-3-5-13(16)15(12)18/h3-8,14H,1-2H3. The van der Waals surface area contributed by atoms with Crippen LogP contribution in [0.4, 0.5) is 0 Å². The molecule has 0 amide bonds. The highest BCUT2D eigenvalue weighted by Crippen LogP contribution is 2.39. The van der Waals surface area contributed by atoms with Gasteiger partial charge in [-0.2, -0.15) is 0 Å². The molecular weight excluding hydrogens is 375 g/mol. The first kappa shape index (κ1) is 14.1. The molecule has 0 saturated carbocycles. The van der Waals surface area contributed by atoms with Gasteiger partial charge in [0, 0.05) is 4.47 Å². The van der Waals surface area contributed by atoms with E-state index < -0.39 is 0 Å². The monoisotopic (exact) mass is 386 g/mol. The van der Waals surface area contributed by atoms with Crippen molar-refractivity contribution in [2.45, 2.75) is 18.7 Å². The van der Waals surface area contributed by atoms with Gasteiger partial charge in [0.15, 0.2) is 0 Å². The molecule has 0 bridgehead atoms. The van der Waals surface area contributed by atoms with Crippen molar-refractivity contribution in [1.29, 1.82) is 0 Å². The van der Waals surface area contributed by atoms with Crippen LogP contribution in [0.3, 0.4) is 0 Å². The van der Waals surface area contributed by atoms with Gasteiger partial charge in [0.25, 0.3) is 0 Å². The average Bonchev–Trinajstić information content (AvgIpc) is 2.32. The Kier molecular flexibility index (Phi) is 4.52. The SMILES string of the molecule is Cc1ccc(C(Br)c2cccc(Br)c2Cl)c(C)c1. The summed E-state index contributed by atoms with van der Waals surface area (Å²) in [5.41, 5.74) is 4.88. The van der Waals surface area contributed by atoms with Crippen LogP contribution in [0.25, 0.3) is 0 Å². The fraction of sp³-hybridized carbons (Fsp3) is 0.200. The van der Waals surface area contributed by atoms with E-state index in [0.717, 1.165) is 15.1 Å². The van der Waals surface area contributed by atoms with Gasteiger partial charge in [-0.1, -0.05) is 63.4 Å². The zero-order valence-electron chi connectivity index (χ0n) is 10.2.